The fourth-order valence-electron chi connectivity index (χ4n) is 1.36. The maximum Gasteiger partial charge on any atom is 0.316 e. The summed E-state index contributed by atoms with van der Waals surface area (Å²) in [6.07, 6.45) is 0. The highest BCUT2D eigenvalue weighted by atomic mass is 16.6. The molecule has 0 bridgehead atoms. The van der Waals surface area contributed by atoms with E-state index >= 15 is 0 Å². The average Bonchev–Trinajstić information content (AvgIpc) is 2.24. The lowest BCUT2D eigenvalue weighted by Gasteiger charge is -2.19. The van der Waals surface area contributed by atoms with Crippen LogP contribution in [0.4, 0.5) is 17.1 Å². The van der Waals surface area contributed by atoms with E-state index in [0.717, 1.165) is 0 Å². The Morgan fingerprint density at radius 1 is 1.35 bits per heavy atom. The molecule has 0 atom stereocenters. The maximum atomic E-state index is 11.0. The van der Waals surface area contributed by atoms with Crippen molar-refractivity contribution in [2.24, 2.45) is 11.3 Å². The Bertz CT molecular complexity index is 412. The lowest BCUT2D eigenvalue weighted by Crippen LogP contribution is -2.20. The van der Waals surface area contributed by atoms with Crippen LogP contribution in [0.1, 0.15) is 20.8 Å². The maximum absolute atomic E-state index is 11.0. The molecule has 4 N–H and O–H groups in total. The summed E-state index contributed by atoms with van der Waals surface area (Å²) in [5.41, 5.74) is 3.12. The number of nitro benzene ring substituents is 1. The van der Waals surface area contributed by atoms with Crippen LogP contribution in [-0.2, 0) is 0 Å². The Morgan fingerprint density at radius 3 is 2.41 bits per heavy atom. The van der Waals surface area contributed by atoms with Gasteiger partial charge in [-0.3, -0.25) is 16.0 Å². The van der Waals surface area contributed by atoms with Gasteiger partial charge in [-0.05, 0) is 17.5 Å². The van der Waals surface area contributed by atoms with E-state index in [0.29, 0.717) is 17.9 Å². The van der Waals surface area contributed by atoms with Gasteiger partial charge in [0, 0.05) is 6.54 Å². The third kappa shape index (κ3) is 3.60. The first kappa shape index (κ1) is 13.2. The summed E-state index contributed by atoms with van der Waals surface area (Å²) < 4.78 is 0. The lowest BCUT2D eigenvalue weighted by atomic mass is 9.97. The first-order valence-corrected chi connectivity index (χ1v) is 5.33. The molecule has 1 rings (SSSR count). The lowest BCUT2D eigenvalue weighted by molar-refractivity contribution is -0.383. The molecule has 0 amide bonds. The highest BCUT2D eigenvalue weighted by Crippen LogP contribution is 2.32. The van der Waals surface area contributed by atoms with Gasteiger partial charge in [-0.25, -0.2) is 0 Å². The molecule has 17 heavy (non-hydrogen) atoms. The standard InChI is InChI=1S/C11H18N4O2/c1-11(2,3)7-13-8-5-4-6-9(14-12)10(8)15(16)17/h4-6,13-14H,7,12H2,1-3H3. The molecule has 6 nitrogen and oxygen atoms in total. The second-order valence-electron chi connectivity index (χ2n) is 5.02. The van der Waals surface area contributed by atoms with E-state index in [1.807, 2.05) is 0 Å². The zero-order valence-electron chi connectivity index (χ0n) is 10.3. The Balaban J connectivity index is 3.02. The minimum atomic E-state index is -0.444. The molecule has 94 valence electrons. The Morgan fingerprint density at radius 2 is 1.94 bits per heavy atom. The molecule has 1 aromatic carbocycles. The SMILES string of the molecule is CC(C)(C)CNc1cccc(NN)c1[N+](=O)[O-]. The van der Waals surface area contributed by atoms with E-state index in [2.05, 4.69) is 31.5 Å². The molecule has 0 aliphatic rings. The predicted octanol–water partition coefficient (Wildman–Crippen LogP) is 2.34. The first-order valence-electron chi connectivity index (χ1n) is 5.33. The van der Waals surface area contributed by atoms with E-state index in [4.69, 9.17) is 5.84 Å². The molecule has 0 saturated heterocycles. The molecule has 0 aliphatic heterocycles. The van der Waals surface area contributed by atoms with Gasteiger partial charge in [-0.1, -0.05) is 26.8 Å². The minimum absolute atomic E-state index is 0.0285. The Hall–Kier alpha value is -1.82. The summed E-state index contributed by atoms with van der Waals surface area (Å²) in [7, 11) is 0. The van der Waals surface area contributed by atoms with E-state index in [1.54, 1.807) is 18.2 Å². The molecule has 0 aromatic heterocycles. The molecule has 0 spiro atoms. The fourth-order valence-corrected chi connectivity index (χ4v) is 1.36. The largest absolute Gasteiger partial charge is 0.379 e. The monoisotopic (exact) mass is 238 g/mol. The van der Waals surface area contributed by atoms with Gasteiger partial charge in [0.25, 0.3) is 0 Å². The molecule has 0 heterocycles. The zero-order valence-corrected chi connectivity index (χ0v) is 10.3. The number of hydrogen-bond donors (Lipinski definition) is 3. The van der Waals surface area contributed by atoms with Crippen LogP contribution in [0.3, 0.4) is 0 Å². The molecule has 0 saturated carbocycles. The molecule has 0 unspecified atom stereocenters. The molecule has 0 fully saturated rings. The number of rotatable bonds is 4. The number of nitrogen functional groups attached to an aromatic ring is 1. The van der Waals surface area contributed by atoms with Crippen molar-refractivity contribution in [3.05, 3.63) is 28.3 Å². The topological polar surface area (TPSA) is 93.2 Å². The average molecular weight is 238 g/mol. The smallest absolute Gasteiger partial charge is 0.316 e. The van der Waals surface area contributed by atoms with Crippen molar-refractivity contribution < 1.29 is 4.92 Å². The summed E-state index contributed by atoms with van der Waals surface area (Å²) in [5.74, 6) is 5.26. The molecule has 1 aromatic rings. The highest BCUT2D eigenvalue weighted by molar-refractivity contribution is 5.75. The van der Waals surface area contributed by atoms with Gasteiger partial charge < -0.3 is 10.7 Å². The summed E-state index contributed by atoms with van der Waals surface area (Å²) in [4.78, 5) is 10.6. The molecule has 0 radical (unpaired) electrons. The third-order valence-electron chi connectivity index (χ3n) is 2.18. The quantitative estimate of drug-likeness (QED) is 0.425. The van der Waals surface area contributed by atoms with Crippen LogP contribution in [-0.4, -0.2) is 11.5 Å². The number of nitrogens with two attached hydrogens (primary N) is 1. The van der Waals surface area contributed by atoms with Gasteiger partial charge in [0.2, 0.25) is 0 Å². The van der Waals surface area contributed by atoms with Gasteiger partial charge in [-0.15, -0.1) is 0 Å². The number of anilines is 2. The summed E-state index contributed by atoms with van der Waals surface area (Å²) in [6.45, 7) is 6.80. The number of benzene rings is 1. The van der Waals surface area contributed by atoms with Crippen molar-refractivity contribution in [1.82, 2.24) is 0 Å². The zero-order chi connectivity index (χ0) is 13.1. The van der Waals surface area contributed by atoms with Gasteiger partial charge in [0.1, 0.15) is 11.4 Å². The molecule has 0 aliphatic carbocycles. The van der Waals surface area contributed by atoms with Crippen molar-refractivity contribution >= 4 is 17.1 Å². The van der Waals surface area contributed by atoms with Crippen molar-refractivity contribution in [2.45, 2.75) is 20.8 Å². The van der Waals surface area contributed by atoms with Gasteiger partial charge in [-0.2, -0.15) is 0 Å². The number of hydrogen-bond acceptors (Lipinski definition) is 5. The number of para-hydroxylation sites is 1. The minimum Gasteiger partial charge on any atom is -0.379 e. The summed E-state index contributed by atoms with van der Waals surface area (Å²) in [6, 6.07) is 4.96. The normalized spacial score (nSPS) is 11.1. The predicted molar refractivity (Wildman–Crippen MR) is 68.9 cm³/mol. The second-order valence-corrected chi connectivity index (χ2v) is 5.02. The number of nitro groups is 1. The van der Waals surface area contributed by atoms with Crippen molar-refractivity contribution in [3.63, 3.8) is 0 Å². The summed E-state index contributed by atoms with van der Waals surface area (Å²) >= 11 is 0. The third-order valence-corrected chi connectivity index (χ3v) is 2.18. The van der Waals surface area contributed by atoms with Crippen molar-refractivity contribution in [1.29, 1.82) is 0 Å². The van der Waals surface area contributed by atoms with E-state index in [-0.39, 0.29) is 11.1 Å². The van der Waals surface area contributed by atoms with Crippen molar-refractivity contribution in [2.75, 3.05) is 17.3 Å². The fraction of sp³-hybridized carbons (Fsp3) is 0.455. The van der Waals surface area contributed by atoms with E-state index < -0.39 is 4.92 Å². The van der Waals surface area contributed by atoms with Gasteiger partial charge in [0.05, 0.1) is 4.92 Å². The first-order chi connectivity index (χ1) is 7.85. The van der Waals surface area contributed by atoms with E-state index in [1.165, 1.54) is 0 Å². The highest BCUT2D eigenvalue weighted by Gasteiger charge is 2.20. The second kappa shape index (κ2) is 5.01. The Kier molecular flexibility index (Phi) is 3.90. The molecule has 6 heteroatoms. The Labute approximate surface area is 100 Å². The van der Waals surface area contributed by atoms with Crippen molar-refractivity contribution in [3.8, 4) is 0 Å². The number of hydrazine groups is 1. The van der Waals surface area contributed by atoms with Crippen LogP contribution in [0.2, 0.25) is 0 Å². The van der Waals surface area contributed by atoms with Gasteiger partial charge >= 0.3 is 5.69 Å². The van der Waals surface area contributed by atoms with Crippen LogP contribution >= 0.6 is 0 Å². The van der Waals surface area contributed by atoms with Gasteiger partial charge in [0.15, 0.2) is 0 Å². The number of nitrogens with one attached hydrogen (secondary N) is 2. The van der Waals surface area contributed by atoms with Crippen LogP contribution in [0.15, 0.2) is 18.2 Å². The van der Waals surface area contributed by atoms with Crippen LogP contribution in [0, 0.1) is 15.5 Å². The van der Waals surface area contributed by atoms with Crippen LogP contribution in [0.5, 0.6) is 0 Å². The van der Waals surface area contributed by atoms with Crippen LogP contribution in [0.25, 0.3) is 0 Å². The number of nitrogens with zero attached hydrogens (tertiary/aromatic N) is 1. The summed E-state index contributed by atoms with van der Waals surface area (Å²) in [5, 5.41) is 14.1. The molecular formula is C11H18N4O2. The molecular weight excluding hydrogens is 220 g/mol. The van der Waals surface area contributed by atoms with E-state index in [9.17, 15) is 10.1 Å². The van der Waals surface area contributed by atoms with Crippen LogP contribution < -0.4 is 16.6 Å².